The van der Waals surface area contributed by atoms with Gasteiger partial charge in [-0.25, -0.2) is 0 Å². The Morgan fingerprint density at radius 3 is 0.854 bits per heavy atom. The van der Waals surface area contributed by atoms with Gasteiger partial charge in [0.05, 0.1) is 93.5 Å². The van der Waals surface area contributed by atoms with Gasteiger partial charge in [0.15, 0.2) is 69.0 Å². The standard InChI is InChI=1S/3C20H29NO3.3C19H27NO3.3CH4/c3*1-5-13(2)8-15-12-21-7-6-14-9-19(23-3)20(24-4)10-16(14)17(21)11-18(15)22;3*1-12(2)7-14-11-20-6-5-13-8-18(22-3)19(23-4)9-15(13)16(20)10-17(14)21;;;/h3*9-10,13,15,17H,5-8,11-12H2,1-4H3;3*8-9,12,14,16H,5-7,10-11H2,1-4H3;3*1H4/i2D3,5D2,6D2,7D2,8D2,11D2,13D,15D,17D;2D3,5D2,6D2,7D2,8D2,12D2,13D,17D;2D3,5D2,6D2,7D2,8D2,13D,17D;5D2,6D2,10D2,11D2,14D,16D;5D2,6D2,10D2,14D,16D;5D2,6D2,11D2,16D;;;. The summed E-state index contributed by atoms with van der Waals surface area (Å²) in [5, 5.41) is 0. The Hall–Kier alpha value is -9.30. The lowest BCUT2D eigenvalue weighted by atomic mass is 9.79. The smallest absolute Gasteiger partial charge is 0.161 e. The maximum absolute atomic E-state index is 13.8. The molecule has 0 saturated carbocycles. The molecule has 144 heavy (non-hydrogen) atoms. The maximum atomic E-state index is 13.8. The Labute approximate surface area is 961 Å². The van der Waals surface area contributed by atoms with Crippen molar-refractivity contribution >= 4 is 34.7 Å². The van der Waals surface area contributed by atoms with Crippen molar-refractivity contribution in [3.8, 4) is 69.0 Å². The summed E-state index contributed by atoms with van der Waals surface area (Å²) in [5.74, 6) is -33.5. The lowest BCUT2D eigenvalue weighted by Gasteiger charge is -2.43. The number of nitrogens with zero attached hydrogens (tertiary/aromatic N) is 6. The molecule has 6 aromatic rings. The number of hydrogen-bond acceptors (Lipinski definition) is 24. The van der Waals surface area contributed by atoms with E-state index < -0.39 is 378 Å². The largest absolute Gasteiger partial charge is 0.493 e. The van der Waals surface area contributed by atoms with Gasteiger partial charge >= 0.3 is 0 Å². The van der Waals surface area contributed by atoms with Crippen molar-refractivity contribution in [3.63, 3.8) is 0 Å². The molecule has 24 nitrogen and oxygen atoms in total. The highest BCUT2D eigenvalue weighted by Gasteiger charge is 2.47. The van der Waals surface area contributed by atoms with Gasteiger partial charge in [0.1, 0.15) is 34.7 Å². The molecule has 12 aliphatic heterocycles. The predicted molar refractivity (Wildman–Crippen MR) is 575 cm³/mol. The zero-order chi connectivity index (χ0) is 163. The van der Waals surface area contributed by atoms with E-state index in [9.17, 15) is 31.5 Å². The van der Waals surface area contributed by atoms with Crippen molar-refractivity contribution in [3.05, 3.63) is 140 Å². The Balaban J connectivity index is 0.000000252. The fourth-order valence-electron chi connectivity index (χ4n) is 16.4. The van der Waals surface area contributed by atoms with Crippen molar-refractivity contribution in [2.75, 3.05) is 163 Å². The molecule has 0 radical (unpaired) electrons. The van der Waals surface area contributed by atoms with Gasteiger partial charge in [0.25, 0.3) is 0 Å². The van der Waals surface area contributed by atoms with Crippen molar-refractivity contribution in [1.29, 1.82) is 0 Å². The number of fused-ring (bicyclic) bond motifs is 18. The van der Waals surface area contributed by atoms with E-state index >= 15 is 0 Å². The van der Waals surface area contributed by atoms with Gasteiger partial charge in [-0.05, 0) is 252 Å². The first kappa shape index (κ1) is 53.2. The minimum atomic E-state index is -4.05. The Morgan fingerprint density at radius 1 is 0.299 bits per heavy atom. The molecule has 0 aliphatic carbocycles. The number of ketones is 6. The highest BCUT2D eigenvalue weighted by Crippen LogP contribution is 2.51. The zero-order valence-corrected chi connectivity index (χ0v) is 82.3. The van der Waals surface area contributed by atoms with E-state index in [4.69, 9.17) is 149 Å². The third-order valence-corrected chi connectivity index (χ3v) is 23.5. The molecule has 0 N–H and O–H groups in total. The zero-order valence-electron chi connectivity index (χ0n) is 151. The van der Waals surface area contributed by atoms with Gasteiger partial charge in [-0.3, -0.25) is 58.2 Å². The van der Waals surface area contributed by atoms with Gasteiger partial charge in [-0.1, -0.05) is 124 Å². The molecule has 12 heterocycles. The van der Waals surface area contributed by atoms with Crippen molar-refractivity contribution < 1.29 is 180 Å². The lowest BCUT2D eigenvalue weighted by Crippen LogP contribution is -2.46. The first-order chi connectivity index (χ1) is 93.8. The molecule has 15 unspecified atom stereocenters. The van der Waals surface area contributed by atoms with Crippen molar-refractivity contribution in [2.45, 2.75) is 275 Å². The highest BCUT2D eigenvalue weighted by molar-refractivity contribution is 5.86. The molecule has 0 aromatic heterocycles. The topological polar surface area (TPSA) is 233 Å². The quantitative estimate of drug-likeness (QED) is 0.0466. The first-order valence-electron chi connectivity index (χ1n) is 79.4. The van der Waals surface area contributed by atoms with Crippen LogP contribution in [0, 0.1) is 70.9 Å². The van der Waals surface area contributed by atoms with E-state index in [1.165, 1.54) is 122 Å². The molecule has 6 aromatic carbocycles. The third-order valence-electron chi connectivity index (χ3n) is 23.5. The molecule has 6 saturated heterocycles. The van der Waals surface area contributed by atoms with E-state index in [0.29, 0.717) is 28.5 Å². The molecule has 798 valence electrons. The number of aryl methyl sites for hydroxylation is 6. The van der Waals surface area contributed by atoms with Gasteiger partial charge < -0.3 is 56.8 Å². The number of methoxy groups -OCH3 is 12. The van der Waals surface area contributed by atoms with Crippen LogP contribution >= 0.6 is 0 Å². The van der Waals surface area contributed by atoms with Gasteiger partial charge in [-0.2, -0.15) is 0 Å². The summed E-state index contributed by atoms with van der Waals surface area (Å²) >= 11 is 0. The third kappa shape index (κ3) is 27.2. The lowest BCUT2D eigenvalue weighted by molar-refractivity contribution is -0.130. The number of benzene rings is 6. The monoisotopic (exact) mass is 2060 g/mol. The Kier molecular flexibility index (Phi) is 19.8. The molecule has 18 rings (SSSR count). The normalized spacial score (nSPS) is 43.6. The average molecular weight is 2060 g/mol. The Morgan fingerprint density at radius 2 is 0.535 bits per heavy atom. The summed E-state index contributed by atoms with van der Waals surface area (Å²) in [6.45, 7) is -30.4. The molecule has 24 heteroatoms. The molecule has 15 atom stereocenters. The number of Topliss-reactive ketones (excluding diaryl/α,β-unsaturated/α-hetero) is 6. The van der Waals surface area contributed by atoms with Crippen LogP contribution in [0.4, 0.5) is 0 Å². The number of carbonyl (C=O) groups is 6. The summed E-state index contributed by atoms with van der Waals surface area (Å²) in [7, 11) is 15.3. The van der Waals surface area contributed by atoms with Crippen LogP contribution in [0.25, 0.3) is 0 Å². The van der Waals surface area contributed by atoms with Crippen molar-refractivity contribution in [2.24, 2.45) is 70.9 Å². The molecular formula is C120H180N6O18. The number of piperidine rings is 6. The van der Waals surface area contributed by atoms with E-state index in [-0.39, 0.29) is 170 Å². The summed E-state index contributed by atoms with van der Waals surface area (Å²) in [4.78, 5) is 82.7. The van der Waals surface area contributed by atoms with E-state index in [1.807, 2.05) is 13.8 Å². The molecule has 0 bridgehead atoms. The Bertz CT molecular complexity index is 8800. The fraction of sp³-hybridized carbons (Fsp3) is 0.650. The molecular weight excluding hydrogens is 1810 g/mol. The summed E-state index contributed by atoms with van der Waals surface area (Å²) in [6, 6.07) is -2.15. The van der Waals surface area contributed by atoms with Crippen LogP contribution in [0.5, 0.6) is 69.0 Å². The van der Waals surface area contributed by atoms with Crippen LogP contribution in [0.2, 0.25) is 0 Å². The SMILES string of the molecule is C.C.C.[2H]C([2H])([2H])C([2H])(C([2H])([2H])C)C([2H])([2H])C1([2H])CN2C([2H])([2H])C([2H])([2H])c3cc(OC)c(OC)cc3C2([2H])C([2H])([2H])C1=O.[2H]C1(CC(C)C)CN2C([2H])([2H])C([2H])([2H])c3cc(OC)c(OC)cc3C2([2H])C([2H])([2H])C1=O.[2H]C1([2H])C(=O)C([2H])(CC(C)C)C([2H])([2H])N2C([2H])([2H])C([2H])([2H])c3cc(OC)c(OC)cc3C21[2H].[2H]C12CC(=O)C(C([2H])([2H])C([2H])(C([2H])([2H])[2H])C([2H])([2H])C)C([2H])([2H])N1C([2H])([2H])C([2H])([2H])c1cc(OC)c(OC)cc12.[2H]C12CC(=O)C(C([2H])([2H])C([2H])(C([2H])([2H])[2H])C([2H])([2H])C)CN1C([2H])([2H])C([2H])([2H])c1cc(OC)c(OC)cc12.[2H]C12CC(=O)C(CC(C)C)C([2H])([2H])N1C([2H])([2H])C([2H])([2H])c1cc(OC)c(OC)cc12. The van der Waals surface area contributed by atoms with Crippen LogP contribution in [0.3, 0.4) is 0 Å². The second-order valence-corrected chi connectivity index (χ2v) is 34.0. The van der Waals surface area contributed by atoms with Gasteiger partial charge in [-0.15, -0.1) is 0 Å². The predicted octanol–water partition coefficient (Wildman–Crippen LogP) is 22.5. The maximum Gasteiger partial charge on any atom is 0.161 e. The summed E-state index contributed by atoms with van der Waals surface area (Å²) in [6.07, 6.45) is -50.8. The van der Waals surface area contributed by atoms with E-state index in [2.05, 4.69) is 0 Å². The van der Waals surface area contributed by atoms with Crippen LogP contribution in [0.1, 0.15) is 398 Å². The number of rotatable bonds is 27. The minimum Gasteiger partial charge on any atom is -0.493 e. The van der Waals surface area contributed by atoms with Crippen LogP contribution in [-0.2, 0) is 67.0 Å². The second kappa shape index (κ2) is 53.5. The molecule has 0 amide bonds. The molecule has 12 aliphatic rings. The second-order valence-electron chi connectivity index (χ2n) is 34.0. The number of hydrogen-bond donors (Lipinski definition) is 0. The minimum absolute atomic E-state index is 0. The fourth-order valence-corrected chi connectivity index (χ4v) is 16.4. The number of carbonyl (C=O) groups excluding carboxylic acids is 6. The van der Waals surface area contributed by atoms with Crippen LogP contribution in [0.15, 0.2) is 72.8 Å². The van der Waals surface area contributed by atoms with Crippen molar-refractivity contribution in [1.82, 2.24) is 29.4 Å². The summed E-state index contributed by atoms with van der Waals surface area (Å²) < 4.78 is 650. The van der Waals surface area contributed by atoms with Crippen LogP contribution in [-0.4, -0.2) is 228 Å². The molecule has 0 spiro atoms. The number of ether oxygens (including phenoxy) is 12. The first-order valence-corrected chi connectivity index (χ1v) is 44.9. The molecule has 6 fully saturated rings. The highest BCUT2D eigenvalue weighted by atomic mass is 16.5. The van der Waals surface area contributed by atoms with E-state index in [0.717, 1.165) is 43.3 Å². The van der Waals surface area contributed by atoms with Crippen LogP contribution < -0.4 is 56.8 Å². The van der Waals surface area contributed by atoms with E-state index in [1.54, 1.807) is 27.7 Å². The van der Waals surface area contributed by atoms with Gasteiger partial charge in [0, 0.05) is 274 Å². The van der Waals surface area contributed by atoms with Gasteiger partial charge in [0.2, 0.25) is 0 Å². The summed E-state index contributed by atoms with van der Waals surface area (Å²) in [5.41, 5.74) is -3.98. The average Bonchev–Trinajstić information content (AvgIpc) is 0.645.